The molecule has 4 heteroatoms. The van der Waals surface area contributed by atoms with E-state index in [9.17, 15) is 0 Å². The van der Waals surface area contributed by atoms with Gasteiger partial charge in [-0.1, -0.05) is 12.1 Å². The Morgan fingerprint density at radius 1 is 1.27 bits per heavy atom. The lowest BCUT2D eigenvalue weighted by Crippen LogP contribution is -1.82. The summed E-state index contributed by atoms with van der Waals surface area (Å²) in [4.78, 5) is 5.50. The Labute approximate surface area is 92.9 Å². The summed E-state index contributed by atoms with van der Waals surface area (Å²) in [6, 6.07) is 8.10. The molecule has 0 spiro atoms. The van der Waals surface area contributed by atoms with Gasteiger partial charge < -0.3 is 4.52 Å². The van der Waals surface area contributed by atoms with E-state index in [0.717, 1.165) is 17.8 Å². The van der Waals surface area contributed by atoms with Gasteiger partial charge in [-0.15, -0.1) is 11.8 Å². The standard InChI is InChI=1S/C11H12N2OS/c1-3-10-12-11(14-13-10)8-4-6-9(15-2)7-5-8/h4-7H,3H2,1-2H3. The number of nitrogens with zero attached hydrogens (tertiary/aromatic N) is 2. The fourth-order valence-corrected chi connectivity index (χ4v) is 1.66. The zero-order valence-electron chi connectivity index (χ0n) is 8.73. The van der Waals surface area contributed by atoms with Gasteiger partial charge in [0.05, 0.1) is 0 Å². The minimum absolute atomic E-state index is 0.597. The van der Waals surface area contributed by atoms with Gasteiger partial charge in [0.2, 0.25) is 0 Å². The van der Waals surface area contributed by atoms with Crippen molar-refractivity contribution in [1.82, 2.24) is 10.1 Å². The molecule has 2 rings (SSSR count). The van der Waals surface area contributed by atoms with Gasteiger partial charge in [-0.25, -0.2) is 0 Å². The minimum atomic E-state index is 0.597. The average molecular weight is 220 g/mol. The molecular formula is C11H12N2OS. The first-order chi connectivity index (χ1) is 7.33. The molecule has 0 bridgehead atoms. The first kappa shape index (κ1) is 10.2. The molecule has 0 amide bonds. The third-order valence-electron chi connectivity index (χ3n) is 2.12. The normalized spacial score (nSPS) is 10.5. The van der Waals surface area contributed by atoms with E-state index >= 15 is 0 Å². The van der Waals surface area contributed by atoms with Gasteiger partial charge in [0, 0.05) is 16.9 Å². The minimum Gasteiger partial charge on any atom is -0.334 e. The summed E-state index contributed by atoms with van der Waals surface area (Å²) in [5, 5.41) is 3.86. The Kier molecular flexibility index (Phi) is 3.06. The van der Waals surface area contributed by atoms with Crippen molar-refractivity contribution < 1.29 is 4.52 Å². The second-order valence-electron chi connectivity index (χ2n) is 3.10. The van der Waals surface area contributed by atoms with Crippen LogP contribution in [-0.2, 0) is 6.42 Å². The zero-order chi connectivity index (χ0) is 10.7. The van der Waals surface area contributed by atoms with E-state index in [-0.39, 0.29) is 0 Å². The van der Waals surface area contributed by atoms with Gasteiger partial charge in [-0.05, 0) is 30.5 Å². The lowest BCUT2D eigenvalue weighted by atomic mass is 10.2. The van der Waals surface area contributed by atoms with Gasteiger partial charge in [-0.2, -0.15) is 4.98 Å². The Bertz CT molecular complexity index is 436. The van der Waals surface area contributed by atoms with E-state index < -0.39 is 0 Å². The van der Waals surface area contributed by atoms with Crippen LogP contribution >= 0.6 is 11.8 Å². The number of hydrogen-bond donors (Lipinski definition) is 0. The van der Waals surface area contributed by atoms with Crippen LogP contribution in [0.4, 0.5) is 0 Å². The Morgan fingerprint density at radius 2 is 2.00 bits per heavy atom. The highest BCUT2D eigenvalue weighted by molar-refractivity contribution is 7.98. The molecule has 1 aromatic carbocycles. The summed E-state index contributed by atoms with van der Waals surface area (Å²) < 4.78 is 5.15. The highest BCUT2D eigenvalue weighted by Gasteiger charge is 2.06. The maximum Gasteiger partial charge on any atom is 0.257 e. The molecule has 78 valence electrons. The van der Waals surface area contributed by atoms with E-state index in [2.05, 4.69) is 28.5 Å². The molecule has 0 aliphatic carbocycles. The Balaban J connectivity index is 2.28. The molecule has 1 heterocycles. The number of benzene rings is 1. The molecule has 0 aliphatic heterocycles. The third-order valence-corrected chi connectivity index (χ3v) is 2.86. The maximum atomic E-state index is 5.15. The van der Waals surface area contributed by atoms with Crippen molar-refractivity contribution in [3.63, 3.8) is 0 Å². The lowest BCUT2D eigenvalue weighted by Gasteiger charge is -1.96. The van der Waals surface area contributed by atoms with Crippen molar-refractivity contribution in [3.05, 3.63) is 30.1 Å². The molecule has 0 unspecified atom stereocenters. The van der Waals surface area contributed by atoms with Crippen molar-refractivity contribution in [3.8, 4) is 11.5 Å². The van der Waals surface area contributed by atoms with Crippen LogP contribution in [0.15, 0.2) is 33.7 Å². The van der Waals surface area contributed by atoms with Gasteiger partial charge in [0.15, 0.2) is 5.82 Å². The number of aryl methyl sites for hydroxylation is 1. The summed E-state index contributed by atoms with van der Waals surface area (Å²) in [5.41, 5.74) is 0.972. The molecule has 0 fully saturated rings. The van der Waals surface area contributed by atoms with E-state index in [1.165, 1.54) is 4.90 Å². The topological polar surface area (TPSA) is 38.9 Å². The van der Waals surface area contributed by atoms with Crippen LogP contribution in [0.3, 0.4) is 0 Å². The van der Waals surface area contributed by atoms with E-state index in [1.807, 2.05) is 19.1 Å². The van der Waals surface area contributed by atoms with Crippen LogP contribution in [-0.4, -0.2) is 16.4 Å². The number of rotatable bonds is 3. The van der Waals surface area contributed by atoms with Crippen LogP contribution in [0, 0.1) is 0 Å². The molecule has 0 saturated carbocycles. The smallest absolute Gasteiger partial charge is 0.257 e. The summed E-state index contributed by atoms with van der Waals surface area (Å²) in [7, 11) is 0. The molecule has 0 N–H and O–H groups in total. The molecule has 0 atom stereocenters. The van der Waals surface area contributed by atoms with Crippen LogP contribution in [0.1, 0.15) is 12.7 Å². The van der Waals surface area contributed by atoms with Crippen molar-refractivity contribution in [1.29, 1.82) is 0 Å². The quantitative estimate of drug-likeness (QED) is 0.745. The zero-order valence-corrected chi connectivity index (χ0v) is 9.54. The van der Waals surface area contributed by atoms with Crippen molar-refractivity contribution >= 4 is 11.8 Å². The summed E-state index contributed by atoms with van der Waals surface area (Å²) >= 11 is 1.72. The molecule has 15 heavy (non-hydrogen) atoms. The van der Waals surface area contributed by atoms with E-state index in [1.54, 1.807) is 11.8 Å². The van der Waals surface area contributed by atoms with Gasteiger partial charge in [0.1, 0.15) is 0 Å². The van der Waals surface area contributed by atoms with Crippen molar-refractivity contribution in [2.45, 2.75) is 18.2 Å². The summed E-state index contributed by atoms with van der Waals surface area (Å²) in [6.07, 6.45) is 2.85. The van der Waals surface area contributed by atoms with Crippen LogP contribution < -0.4 is 0 Å². The van der Waals surface area contributed by atoms with Gasteiger partial charge >= 0.3 is 0 Å². The molecule has 3 nitrogen and oxygen atoms in total. The summed E-state index contributed by atoms with van der Waals surface area (Å²) in [5.74, 6) is 1.35. The Morgan fingerprint density at radius 3 is 2.53 bits per heavy atom. The van der Waals surface area contributed by atoms with Crippen LogP contribution in [0.2, 0.25) is 0 Å². The fraction of sp³-hybridized carbons (Fsp3) is 0.273. The predicted octanol–water partition coefficient (Wildman–Crippen LogP) is 3.02. The Hall–Kier alpha value is -1.29. The molecular weight excluding hydrogens is 208 g/mol. The van der Waals surface area contributed by atoms with E-state index in [4.69, 9.17) is 4.52 Å². The second-order valence-corrected chi connectivity index (χ2v) is 3.98. The summed E-state index contributed by atoms with van der Waals surface area (Å²) in [6.45, 7) is 2.01. The number of hydrogen-bond acceptors (Lipinski definition) is 4. The number of thioether (sulfide) groups is 1. The maximum absolute atomic E-state index is 5.15. The fourth-order valence-electron chi connectivity index (χ4n) is 1.25. The first-order valence-corrected chi connectivity index (χ1v) is 6.03. The lowest BCUT2D eigenvalue weighted by molar-refractivity contribution is 0.423. The second kappa shape index (κ2) is 4.49. The van der Waals surface area contributed by atoms with Crippen LogP contribution in [0.5, 0.6) is 0 Å². The van der Waals surface area contributed by atoms with E-state index in [0.29, 0.717) is 5.89 Å². The average Bonchev–Trinajstić information content (AvgIpc) is 2.78. The molecule has 2 aromatic rings. The molecule has 0 radical (unpaired) electrons. The number of aromatic nitrogens is 2. The highest BCUT2D eigenvalue weighted by atomic mass is 32.2. The highest BCUT2D eigenvalue weighted by Crippen LogP contribution is 2.21. The third kappa shape index (κ3) is 2.21. The molecule has 0 saturated heterocycles. The van der Waals surface area contributed by atoms with Crippen molar-refractivity contribution in [2.24, 2.45) is 0 Å². The largest absolute Gasteiger partial charge is 0.334 e. The molecule has 0 aliphatic rings. The van der Waals surface area contributed by atoms with Crippen molar-refractivity contribution in [2.75, 3.05) is 6.26 Å². The predicted molar refractivity (Wildman–Crippen MR) is 60.9 cm³/mol. The monoisotopic (exact) mass is 220 g/mol. The van der Waals surface area contributed by atoms with Gasteiger partial charge in [-0.3, -0.25) is 0 Å². The SMILES string of the molecule is CCc1noc(-c2ccc(SC)cc2)n1. The van der Waals surface area contributed by atoms with Gasteiger partial charge in [0.25, 0.3) is 5.89 Å². The molecule has 1 aromatic heterocycles. The van der Waals surface area contributed by atoms with Crippen LogP contribution in [0.25, 0.3) is 11.5 Å². The first-order valence-electron chi connectivity index (χ1n) is 4.80.